The summed E-state index contributed by atoms with van der Waals surface area (Å²) in [7, 11) is -0.243. The van der Waals surface area contributed by atoms with Crippen molar-refractivity contribution in [3.8, 4) is 0 Å². The Labute approximate surface area is 130 Å². The van der Waals surface area contributed by atoms with E-state index in [1.54, 1.807) is 0 Å². The molecule has 1 aliphatic heterocycles. The Bertz CT molecular complexity index is 478. The Morgan fingerprint density at radius 3 is 2.00 bits per heavy atom. The molecule has 1 aromatic rings. The molecule has 3 heteroatoms. The Morgan fingerprint density at radius 1 is 0.905 bits per heavy atom. The molecule has 0 unspecified atom stereocenters. The summed E-state index contributed by atoms with van der Waals surface area (Å²) >= 11 is 0. The molecule has 116 valence electrons. The van der Waals surface area contributed by atoms with Gasteiger partial charge in [-0.25, -0.2) is 0 Å². The van der Waals surface area contributed by atoms with Crippen LogP contribution in [0.5, 0.6) is 0 Å². The third kappa shape index (κ3) is 3.35. The second-order valence-corrected chi connectivity index (χ2v) is 7.12. The molecule has 1 heterocycles. The average Bonchev–Trinajstić information content (AvgIpc) is 2.59. The standard InChI is InChI=1S/C18H29BO2/c1-7-9-14-11-12-16(15(13-14)10-8-2)19-20-17(3,4)18(5,6)21-19/h11-13H,7-10H2,1-6H3. The predicted molar refractivity (Wildman–Crippen MR) is 90.1 cm³/mol. The zero-order chi connectivity index (χ0) is 15.7. The largest absolute Gasteiger partial charge is 0.495 e. The normalized spacial score (nSPS) is 20.0. The van der Waals surface area contributed by atoms with Crippen molar-refractivity contribution in [3.05, 3.63) is 29.3 Å². The number of hydrogen-bond donors (Lipinski definition) is 0. The minimum atomic E-state index is -0.275. The molecule has 1 aromatic carbocycles. The van der Waals surface area contributed by atoms with Gasteiger partial charge in [0.2, 0.25) is 0 Å². The Morgan fingerprint density at radius 2 is 1.48 bits per heavy atom. The molecule has 2 nitrogen and oxygen atoms in total. The summed E-state index contributed by atoms with van der Waals surface area (Å²) in [6, 6.07) is 6.77. The Hall–Kier alpha value is -0.795. The smallest absolute Gasteiger partial charge is 0.399 e. The quantitative estimate of drug-likeness (QED) is 0.765. The van der Waals surface area contributed by atoms with E-state index in [2.05, 4.69) is 59.7 Å². The molecule has 2 rings (SSSR count). The molecule has 1 aliphatic rings. The molecular formula is C18H29BO2. The zero-order valence-electron chi connectivity index (χ0n) is 14.5. The van der Waals surface area contributed by atoms with Gasteiger partial charge in [-0.2, -0.15) is 0 Å². The number of benzene rings is 1. The highest BCUT2D eigenvalue weighted by Crippen LogP contribution is 2.36. The molecule has 1 saturated heterocycles. The highest BCUT2D eigenvalue weighted by Gasteiger charge is 2.52. The van der Waals surface area contributed by atoms with E-state index in [4.69, 9.17) is 9.31 Å². The van der Waals surface area contributed by atoms with Gasteiger partial charge >= 0.3 is 7.12 Å². The molecular weight excluding hydrogens is 259 g/mol. The second kappa shape index (κ2) is 6.14. The van der Waals surface area contributed by atoms with Crippen LogP contribution >= 0.6 is 0 Å². The van der Waals surface area contributed by atoms with E-state index in [1.807, 2.05) is 0 Å². The van der Waals surface area contributed by atoms with Crippen molar-refractivity contribution in [3.63, 3.8) is 0 Å². The van der Waals surface area contributed by atoms with Gasteiger partial charge in [-0.1, -0.05) is 44.9 Å². The monoisotopic (exact) mass is 288 g/mol. The van der Waals surface area contributed by atoms with Gasteiger partial charge in [-0.05, 0) is 57.1 Å². The molecule has 0 amide bonds. The molecule has 0 spiro atoms. The SMILES string of the molecule is CCCc1ccc(B2OC(C)(C)C(C)(C)O2)c(CCC)c1. The van der Waals surface area contributed by atoms with Gasteiger partial charge in [0.1, 0.15) is 0 Å². The first-order valence-corrected chi connectivity index (χ1v) is 8.28. The first-order chi connectivity index (χ1) is 9.80. The van der Waals surface area contributed by atoms with E-state index in [9.17, 15) is 0 Å². The zero-order valence-corrected chi connectivity index (χ0v) is 14.5. The van der Waals surface area contributed by atoms with Crippen molar-refractivity contribution in [1.29, 1.82) is 0 Å². The van der Waals surface area contributed by atoms with Crippen molar-refractivity contribution in [2.75, 3.05) is 0 Å². The van der Waals surface area contributed by atoms with Crippen LogP contribution in [-0.2, 0) is 22.2 Å². The van der Waals surface area contributed by atoms with E-state index in [1.165, 1.54) is 23.0 Å². The lowest BCUT2D eigenvalue weighted by Gasteiger charge is -2.32. The molecule has 0 bridgehead atoms. The van der Waals surface area contributed by atoms with Crippen LogP contribution in [0.25, 0.3) is 0 Å². The van der Waals surface area contributed by atoms with Gasteiger partial charge in [-0.3, -0.25) is 0 Å². The molecule has 0 saturated carbocycles. The minimum Gasteiger partial charge on any atom is -0.399 e. The van der Waals surface area contributed by atoms with Crippen molar-refractivity contribution in [2.45, 2.75) is 78.4 Å². The second-order valence-electron chi connectivity index (χ2n) is 7.12. The lowest BCUT2D eigenvalue weighted by atomic mass is 9.74. The van der Waals surface area contributed by atoms with Crippen LogP contribution in [0.4, 0.5) is 0 Å². The van der Waals surface area contributed by atoms with Crippen LogP contribution < -0.4 is 5.46 Å². The molecule has 0 radical (unpaired) electrons. The number of aryl methyl sites for hydroxylation is 2. The highest BCUT2D eigenvalue weighted by molar-refractivity contribution is 6.62. The number of hydrogen-bond acceptors (Lipinski definition) is 2. The van der Waals surface area contributed by atoms with E-state index in [0.717, 1.165) is 19.3 Å². The predicted octanol–water partition coefficient (Wildman–Crippen LogP) is 3.89. The molecule has 21 heavy (non-hydrogen) atoms. The maximum Gasteiger partial charge on any atom is 0.495 e. The average molecular weight is 288 g/mol. The highest BCUT2D eigenvalue weighted by atomic mass is 16.7. The third-order valence-electron chi connectivity index (χ3n) is 4.77. The Kier molecular flexibility index (Phi) is 4.84. The molecule has 1 fully saturated rings. The lowest BCUT2D eigenvalue weighted by molar-refractivity contribution is 0.00578. The van der Waals surface area contributed by atoms with Gasteiger partial charge in [0.05, 0.1) is 11.2 Å². The molecule has 0 atom stereocenters. The van der Waals surface area contributed by atoms with Crippen molar-refractivity contribution in [1.82, 2.24) is 0 Å². The fourth-order valence-electron chi connectivity index (χ4n) is 2.79. The maximum absolute atomic E-state index is 6.21. The summed E-state index contributed by atoms with van der Waals surface area (Å²) in [5.74, 6) is 0. The summed E-state index contributed by atoms with van der Waals surface area (Å²) in [6.45, 7) is 12.9. The topological polar surface area (TPSA) is 18.5 Å². The first-order valence-electron chi connectivity index (χ1n) is 8.28. The minimum absolute atomic E-state index is 0.243. The van der Waals surface area contributed by atoms with Gasteiger partial charge < -0.3 is 9.31 Å². The van der Waals surface area contributed by atoms with Crippen molar-refractivity contribution < 1.29 is 9.31 Å². The lowest BCUT2D eigenvalue weighted by Crippen LogP contribution is -2.41. The summed E-state index contributed by atoms with van der Waals surface area (Å²) in [5.41, 5.74) is 3.45. The summed E-state index contributed by atoms with van der Waals surface area (Å²) in [4.78, 5) is 0. The van der Waals surface area contributed by atoms with Crippen LogP contribution in [0.3, 0.4) is 0 Å². The third-order valence-corrected chi connectivity index (χ3v) is 4.77. The first kappa shape index (κ1) is 16.6. The van der Waals surface area contributed by atoms with Gasteiger partial charge in [0.25, 0.3) is 0 Å². The fraction of sp³-hybridized carbons (Fsp3) is 0.667. The van der Waals surface area contributed by atoms with Crippen molar-refractivity contribution >= 4 is 12.6 Å². The van der Waals surface area contributed by atoms with Crippen LogP contribution in [-0.4, -0.2) is 18.3 Å². The Balaban J connectivity index is 2.31. The fourth-order valence-corrected chi connectivity index (χ4v) is 2.79. The van der Waals surface area contributed by atoms with E-state index in [-0.39, 0.29) is 18.3 Å². The van der Waals surface area contributed by atoms with E-state index < -0.39 is 0 Å². The summed E-state index contributed by atoms with van der Waals surface area (Å²) in [5, 5.41) is 0. The molecule has 0 N–H and O–H groups in total. The van der Waals surface area contributed by atoms with Crippen LogP contribution in [0.2, 0.25) is 0 Å². The van der Waals surface area contributed by atoms with Crippen LogP contribution in [0.1, 0.15) is 65.5 Å². The van der Waals surface area contributed by atoms with Crippen LogP contribution in [0, 0.1) is 0 Å². The van der Waals surface area contributed by atoms with Crippen molar-refractivity contribution in [2.24, 2.45) is 0 Å². The van der Waals surface area contributed by atoms with E-state index in [0.29, 0.717) is 0 Å². The summed E-state index contributed by atoms with van der Waals surface area (Å²) in [6.07, 6.45) is 4.54. The summed E-state index contributed by atoms with van der Waals surface area (Å²) < 4.78 is 12.4. The van der Waals surface area contributed by atoms with Gasteiger partial charge in [0.15, 0.2) is 0 Å². The van der Waals surface area contributed by atoms with E-state index >= 15 is 0 Å². The van der Waals surface area contributed by atoms with Crippen LogP contribution in [0.15, 0.2) is 18.2 Å². The maximum atomic E-state index is 6.21. The molecule has 0 aromatic heterocycles. The molecule has 0 aliphatic carbocycles. The van der Waals surface area contributed by atoms with Gasteiger partial charge in [0, 0.05) is 0 Å². The number of rotatable bonds is 5. The van der Waals surface area contributed by atoms with Gasteiger partial charge in [-0.15, -0.1) is 0 Å².